The summed E-state index contributed by atoms with van der Waals surface area (Å²) >= 11 is 0. The molecule has 1 unspecified atom stereocenters. The van der Waals surface area contributed by atoms with Crippen LogP contribution in [0, 0.1) is 11.8 Å². The van der Waals surface area contributed by atoms with Gasteiger partial charge in [0, 0.05) is 25.8 Å². The Bertz CT molecular complexity index is 251. The predicted octanol–water partition coefficient (Wildman–Crippen LogP) is 1.34. The summed E-state index contributed by atoms with van der Waals surface area (Å²) in [6.45, 7) is 5.71. The molecule has 1 amide bonds. The molecule has 0 aromatic carbocycles. The average Bonchev–Trinajstić information content (AvgIpc) is 2.40. The molecule has 2 atom stereocenters. The number of carbonyl (C=O) groups is 1. The van der Waals surface area contributed by atoms with E-state index in [9.17, 15) is 4.79 Å². The molecule has 2 N–H and O–H groups in total. The van der Waals surface area contributed by atoms with Crippen LogP contribution in [0.25, 0.3) is 0 Å². The van der Waals surface area contributed by atoms with Gasteiger partial charge < -0.3 is 15.4 Å². The molecule has 5 heteroatoms. The zero-order chi connectivity index (χ0) is 12.1. The van der Waals surface area contributed by atoms with Gasteiger partial charge in [-0.3, -0.25) is 4.79 Å². The van der Waals surface area contributed by atoms with Gasteiger partial charge in [0.05, 0.1) is 5.92 Å². The Morgan fingerprint density at radius 3 is 2.67 bits per heavy atom. The topological polar surface area (TPSA) is 50.4 Å². The van der Waals surface area contributed by atoms with E-state index in [0.717, 1.165) is 52.0 Å². The molecule has 2 saturated heterocycles. The minimum atomic E-state index is 0. The number of amides is 1. The highest BCUT2D eigenvalue weighted by Crippen LogP contribution is 2.19. The maximum Gasteiger partial charge on any atom is 0.224 e. The fraction of sp³-hybridized carbons (Fsp3) is 0.923. The Morgan fingerprint density at radius 2 is 2.06 bits per heavy atom. The zero-order valence-electron chi connectivity index (χ0n) is 11.1. The summed E-state index contributed by atoms with van der Waals surface area (Å²) in [5.41, 5.74) is 0. The van der Waals surface area contributed by atoms with Crippen molar-refractivity contribution in [1.82, 2.24) is 10.6 Å². The van der Waals surface area contributed by atoms with Crippen molar-refractivity contribution in [3.8, 4) is 0 Å². The number of hydrogen-bond donors (Lipinski definition) is 2. The molecule has 2 fully saturated rings. The van der Waals surface area contributed by atoms with Crippen LogP contribution in [0.15, 0.2) is 0 Å². The molecule has 2 aliphatic heterocycles. The largest absolute Gasteiger partial charge is 0.381 e. The quantitative estimate of drug-likeness (QED) is 0.818. The van der Waals surface area contributed by atoms with Crippen LogP contribution >= 0.6 is 12.4 Å². The first-order valence-electron chi connectivity index (χ1n) is 6.86. The van der Waals surface area contributed by atoms with Crippen LogP contribution in [0.5, 0.6) is 0 Å². The normalized spacial score (nSPS) is 27.1. The van der Waals surface area contributed by atoms with Gasteiger partial charge in [-0.2, -0.15) is 0 Å². The molecule has 0 aliphatic carbocycles. The number of piperidine rings is 1. The summed E-state index contributed by atoms with van der Waals surface area (Å²) in [6.07, 6.45) is 4.29. The highest BCUT2D eigenvalue weighted by molar-refractivity contribution is 5.85. The van der Waals surface area contributed by atoms with Gasteiger partial charge in [0.25, 0.3) is 0 Å². The summed E-state index contributed by atoms with van der Waals surface area (Å²) in [5, 5.41) is 6.47. The summed E-state index contributed by atoms with van der Waals surface area (Å²) in [7, 11) is 0. The van der Waals surface area contributed by atoms with Crippen molar-refractivity contribution in [3.05, 3.63) is 0 Å². The molecule has 0 aromatic heterocycles. The van der Waals surface area contributed by atoms with Gasteiger partial charge in [0.15, 0.2) is 0 Å². The maximum absolute atomic E-state index is 12.1. The van der Waals surface area contributed by atoms with E-state index in [-0.39, 0.29) is 30.3 Å². The minimum Gasteiger partial charge on any atom is -0.381 e. The van der Waals surface area contributed by atoms with E-state index in [0.29, 0.717) is 5.92 Å². The molecule has 0 radical (unpaired) electrons. The van der Waals surface area contributed by atoms with Crippen molar-refractivity contribution in [2.75, 3.05) is 26.3 Å². The van der Waals surface area contributed by atoms with Crippen molar-refractivity contribution in [1.29, 1.82) is 0 Å². The van der Waals surface area contributed by atoms with Crippen LogP contribution in [0.4, 0.5) is 0 Å². The molecule has 2 rings (SSSR count). The second-order valence-electron chi connectivity index (χ2n) is 5.29. The lowest BCUT2D eigenvalue weighted by atomic mass is 9.91. The first-order chi connectivity index (χ1) is 8.27. The van der Waals surface area contributed by atoms with E-state index in [1.807, 2.05) is 0 Å². The molecule has 2 aliphatic rings. The fourth-order valence-electron chi connectivity index (χ4n) is 2.75. The SMILES string of the molecule is CC(NC(=O)[C@@H]1CCCNC1)C1CCOCC1.Cl. The number of ether oxygens (including phenoxy) is 1. The summed E-state index contributed by atoms with van der Waals surface area (Å²) in [4.78, 5) is 12.1. The van der Waals surface area contributed by atoms with Crippen molar-refractivity contribution in [2.24, 2.45) is 11.8 Å². The maximum atomic E-state index is 12.1. The Morgan fingerprint density at radius 1 is 1.33 bits per heavy atom. The van der Waals surface area contributed by atoms with Gasteiger partial charge in [-0.05, 0) is 45.1 Å². The van der Waals surface area contributed by atoms with Crippen molar-refractivity contribution >= 4 is 18.3 Å². The molecular weight excluding hydrogens is 252 g/mol. The highest BCUT2D eigenvalue weighted by Gasteiger charge is 2.26. The van der Waals surface area contributed by atoms with E-state index in [1.165, 1.54) is 0 Å². The monoisotopic (exact) mass is 276 g/mol. The van der Waals surface area contributed by atoms with Crippen LogP contribution in [-0.4, -0.2) is 38.3 Å². The summed E-state index contributed by atoms with van der Waals surface area (Å²) in [6, 6.07) is 0.285. The van der Waals surface area contributed by atoms with Crippen molar-refractivity contribution in [2.45, 2.75) is 38.6 Å². The third-order valence-corrected chi connectivity index (χ3v) is 4.01. The van der Waals surface area contributed by atoms with Crippen LogP contribution in [0.1, 0.15) is 32.6 Å². The summed E-state index contributed by atoms with van der Waals surface area (Å²) in [5.74, 6) is 0.992. The molecule has 2 heterocycles. The molecule has 4 nitrogen and oxygen atoms in total. The van der Waals surface area contributed by atoms with E-state index in [1.54, 1.807) is 0 Å². The standard InChI is InChI=1S/C13H24N2O2.ClH/c1-10(11-4-7-17-8-5-11)15-13(16)12-3-2-6-14-9-12;/h10-12,14H,2-9H2,1H3,(H,15,16);1H/t10?,12-;/m1./s1. The molecule has 0 bridgehead atoms. The fourth-order valence-corrected chi connectivity index (χ4v) is 2.75. The number of hydrogen-bond acceptors (Lipinski definition) is 3. The Balaban J connectivity index is 0.00000162. The van der Waals surface area contributed by atoms with Gasteiger partial charge in [-0.15, -0.1) is 12.4 Å². The Kier molecular flexibility index (Phi) is 6.97. The minimum absolute atomic E-state index is 0. The zero-order valence-corrected chi connectivity index (χ0v) is 11.9. The molecule has 0 aromatic rings. The Labute approximate surface area is 116 Å². The lowest BCUT2D eigenvalue weighted by Crippen LogP contribution is -2.46. The third-order valence-electron chi connectivity index (χ3n) is 4.01. The van der Waals surface area contributed by atoms with Crippen molar-refractivity contribution < 1.29 is 9.53 Å². The first kappa shape index (κ1) is 15.7. The number of halogens is 1. The molecule has 18 heavy (non-hydrogen) atoms. The summed E-state index contributed by atoms with van der Waals surface area (Å²) < 4.78 is 5.35. The van der Waals surface area contributed by atoms with E-state index in [2.05, 4.69) is 17.6 Å². The molecule has 106 valence electrons. The second kappa shape index (κ2) is 7.97. The van der Waals surface area contributed by atoms with Gasteiger partial charge in [0.2, 0.25) is 5.91 Å². The van der Waals surface area contributed by atoms with Gasteiger partial charge in [-0.1, -0.05) is 0 Å². The van der Waals surface area contributed by atoms with Crippen LogP contribution in [0.2, 0.25) is 0 Å². The number of rotatable bonds is 3. The lowest BCUT2D eigenvalue weighted by molar-refractivity contribution is -0.126. The van der Waals surface area contributed by atoms with E-state index >= 15 is 0 Å². The van der Waals surface area contributed by atoms with E-state index in [4.69, 9.17) is 4.74 Å². The van der Waals surface area contributed by atoms with Gasteiger partial charge in [-0.25, -0.2) is 0 Å². The van der Waals surface area contributed by atoms with Crippen LogP contribution in [-0.2, 0) is 9.53 Å². The number of nitrogens with one attached hydrogen (secondary N) is 2. The number of carbonyl (C=O) groups excluding carboxylic acids is 1. The smallest absolute Gasteiger partial charge is 0.224 e. The average molecular weight is 277 g/mol. The van der Waals surface area contributed by atoms with Crippen LogP contribution < -0.4 is 10.6 Å². The Hall–Kier alpha value is -0.320. The first-order valence-corrected chi connectivity index (χ1v) is 6.86. The van der Waals surface area contributed by atoms with Gasteiger partial charge in [0.1, 0.15) is 0 Å². The highest BCUT2D eigenvalue weighted by atomic mass is 35.5. The molecular formula is C13H25ClN2O2. The predicted molar refractivity (Wildman–Crippen MR) is 74.0 cm³/mol. The van der Waals surface area contributed by atoms with E-state index < -0.39 is 0 Å². The molecule has 0 spiro atoms. The molecule has 0 saturated carbocycles. The van der Waals surface area contributed by atoms with Gasteiger partial charge >= 0.3 is 0 Å². The second-order valence-corrected chi connectivity index (χ2v) is 5.29. The third kappa shape index (κ3) is 4.41. The lowest BCUT2D eigenvalue weighted by Gasteiger charge is -2.30. The van der Waals surface area contributed by atoms with Crippen LogP contribution in [0.3, 0.4) is 0 Å². The van der Waals surface area contributed by atoms with Crippen molar-refractivity contribution in [3.63, 3.8) is 0 Å².